The highest BCUT2D eigenvalue weighted by Gasteiger charge is 2.34. The Labute approximate surface area is 186 Å². The van der Waals surface area contributed by atoms with Gasteiger partial charge in [0.05, 0.1) is 6.61 Å². The number of hydrogen-bond donors (Lipinski definition) is 2. The number of benzene rings is 1. The van der Waals surface area contributed by atoms with Gasteiger partial charge < -0.3 is 14.5 Å². The van der Waals surface area contributed by atoms with E-state index in [2.05, 4.69) is 15.5 Å². The summed E-state index contributed by atoms with van der Waals surface area (Å²) in [6.45, 7) is 3.36. The Hall–Kier alpha value is -3.11. The summed E-state index contributed by atoms with van der Waals surface area (Å²) in [5.41, 5.74) is 1.52. The molecule has 0 unspecified atom stereocenters. The number of aromatic amines is 1. The number of aromatic nitrogens is 2. The maximum atomic E-state index is 12.9. The van der Waals surface area contributed by atoms with E-state index in [4.69, 9.17) is 9.15 Å². The first-order chi connectivity index (χ1) is 15.5. The first-order valence-electron chi connectivity index (χ1n) is 10.6. The van der Waals surface area contributed by atoms with Gasteiger partial charge in [0.2, 0.25) is 11.0 Å². The highest BCUT2D eigenvalue weighted by atomic mass is 32.2. The van der Waals surface area contributed by atoms with Gasteiger partial charge in [0, 0.05) is 37.3 Å². The Balaban J connectivity index is 1.33. The van der Waals surface area contributed by atoms with E-state index in [0.717, 1.165) is 11.3 Å². The number of carbonyl (C=O) groups is 1. The number of nitrogens with one attached hydrogen (secondary N) is 2. The molecular weight excluding hydrogens is 432 g/mol. The molecule has 3 aromatic rings. The number of ether oxygens (including phenoxy) is 1. The third kappa shape index (κ3) is 4.71. The van der Waals surface area contributed by atoms with E-state index in [-0.39, 0.29) is 30.0 Å². The molecule has 0 spiro atoms. The Morgan fingerprint density at radius 3 is 2.72 bits per heavy atom. The molecule has 1 saturated heterocycles. The van der Waals surface area contributed by atoms with Gasteiger partial charge >= 0.3 is 0 Å². The normalized spacial score (nSPS) is 15.5. The van der Waals surface area contributed by atoms with Gasteiger partial charge in [-0.1, -0.05) is 18.2 Å². The van der Waals surface area contributed by atoms with E-state index in [9.17, 15) is 13.2 Å². The minimum Gasteiger partial charge on any atom is -0.494 e. The number of para-hydroxylation sites is 1. The maximum absolute atomic E-state index is 12.9. The van der Waals surface area contributed by atoms with Crippen LogP contribution in [0.15, 0.2) is 58.2 Å². The van der Waals surface area contributed by atoms with Crippen molar-refractivity contribution in [3.05, 3.63) is 54.2 Å². The number of hydrogen-bond acceptors (Lipinski definition) is 6. The van der Waals surface area contributed by atoms with Crippen molar-refractivity contribution in [3.8, 4) is 17.2 Å². The monoisotopic (exact) mass is 458 g/mol. The molecule has 0 radical (unpaired) electrons. The van der Waals surface area contributed by atoms with Crippen LogP contribution in [0, 0.1) is 5.92 Å². The SMILES string of the molecule is CCOc1ccccc1CNC(=O)C1CCN(S(=O)(=O)c2ccc(-c3ccn[nH]3)o2)CC1. The lowest BCUT2D eigenvalue weighted by molar-refractivity contribution is -0.126. The summed E-state index contributed by atoms with van der Waals surface area (Å²) < 4.78 is 38.4. The lowest BCUT2D eigenvalue weighted by Gasteiger charge is -2.29. The van der Waals surface area contributed by atoms with Crippen LogP contribution >= 0.6 is 0 Å². The molecule has 32 heavy (non-hydrogen) atoms. The predicted molar refractivity (Wildman–Crippen MR) is 117 cm³/mol. The van der Waals surface area contributed by atoms with Crippen LogP contribution in [0.1, 0.15) is 25.3 Å². The molecule has 3 heterocycles. The molecule has 4 rings (SSSR count). The fraction of sp³-hybridized carbons (Fsp3) is 0.364. The van der Waals surface area contributed by atoms with Gasteiger partial charge in [-0.05, 0) is 44.0 Å². The van der Waals surface area contributed by atoms with Crippen LogP contribution < -0.4 is 10.1 Å². The van der Waals surface area contributed by atoms with Gasteiger partial charge in [-0.15, -0.1) is 0 Å². The van der Waals surface area contributed by atoms with Gasteiger partial charge in [0.25, 0.3) is 10.0 Å². The Morgan fingerprint density at radius 1 is 1.22 bits per heavy atom. The summed E-state index contributed by atoms with van der Waals surface area (Å²) in [6, 6.07) is 12.3. The highest BCUT2D eigenvalue weighted by Crippen LogP contribution is 2.28. The van der Waals surface area contributed by atoms with Crippen molar-refractivity contribution in [3.63, 3.8) is 0 Å². The summed E-state index contributed by atoms with van der Waals surface area (Å²) in [7, 11) is -3.76. The molecule has 1 aromatic carbocycles. The van der Waals surface area contributed by atoms with Gasteiger partial charge in [0.15, 0.2) is 5.76 Å². The van der Waals surface area contributed by atoms with E-state index >= 15 is 0 Å². The van der Waals surface area contributed by atoms with Crippen LogP contribution in [0.4, 0.5) is 0 Å². The molecule has 170 valence electrons. The molecule has 9 nitrogen and oxygen atoms in total. The van der Waals surface area contributed by atoms with Crippen molar-refractivity contribution in [2.24, 2.45) is 5.92 Å². The summed E-state index contributed by atoms with van der Waals surface area (Å²) in [5, 5.41) is 9.43. The van der Waals surface area contributed by atoms with Crippen LogP contribution in [-0.2, 0) is 21.4 Å². The average molecular weight is 459 g/mol. The number of carbonyl (C=O) groups excluding carboxylic acids is 1. The lowest BCUT2D eigenvalue weighted by atomic mass is 9.97. The Bertz CT molecular complexity index is 1150. The number of sulfonamides is 1. The molecule has 10 heteroatoms. The molecule has 0 atom stereocenters. The third-order valence-corrected chi connectivity index (χ3v) is 7.26. The molecule has 1 fully saturated rings. The van der Waals surface area contributed by atoms with Crippen molar-refractivity contribution >= 4 is 15.9 Å². The van der Waals surface area contributed by atoms with E-state index < -0.39 is 10.0 Å². The summed E-state index contributed by atoms with van der Waals surface area (Å²) in [6.07, 6.45) is 2.47. The van der Waals surface area contributed by atoms with Gasteiger partial charge in [0.1, 0.15) is 11.4 Å². The Morgan fingerprint density at radius 2 is 2.00 bits per heavy atom. The number of H-pyrrole nitrogens is 1. The number of rotatable bonds is 8. The first-order valence-corrected chi connectivity index (χ1v) is 12.0. The largest absolute Gasteiger partial charge is 0.494 e. The third-order valence-electron chi connectivity index (χ3n) is 5.49. The van der Waals surface area contributed by atoms with Crippen molar-refractivity contribution in [2.45, 2.75) is 31.4 Å². The zero-order valence-electron chi connectivity index (χ0n) is 17.8. The van der Waals surface area contributed by atoms with Gasteiger partial charge in [-0.25, -0.2) is 8.42 Å². The zero-order valence-corrected chi connectivity index (χ0v) is 18.6. The molecule has 2 N–H and O–H groups in total. The van der Waals surface area contributed by atoms with E-state index in [1.165, 1.54) is 10.4 Å². The summed E-state index contributed by atoms with van der Waals surface area (Å²) in [4.78, 5) is 12.7. The lowest BCUT2D eigenvalue weighted by Crippen LogP contribution is -2.42. The van der Waals surface area contributed by atoms with Crippen molar-refractivity contribution in [1.82, 2.24) is 19.8 Å². The molecule has 2 aromatic heterocycles. The quantitative estimate of drug-likeness (QED) is 0.536. The molecule has 1 amide bonds. The Kier molecular flexibility index (Phi) is 6.61. The van der Waals surface area contributed by atoms with Gasteiger partial charge in [-0.3, -0.25) is 9.89 Å². The second-order valence-corrected chi connectivity index (χ2v) is 9.39. The second kappa shape index (κ2) is 9.58. The fourth-order valence-corrected chi connectivity index (χ4v) is 5.14. The molecule has 0 saturated carbocycles. The number of piperidine rings is 1. The van der Waals surface area contributed by atoms with E-state index in [0.29, 0.717) is 37.4 Å². The molecule has 1 aliphatic heterocycles. The smallest absolute Gasteiger partial charge is 0.276 e. The number of amides is 1. The van der Waals surface area contributed by atoms with Crippen molar-refractivity contribution in [1.29, 1.82) is 0 Å². The maximum Gasteiger partial charge on any atom is 0.276 e. The van der Waals surface area contributed by atoms with Crippen LogP contribution in [0.25, 0.3) is 11.5 Å². The molecular formula is C22H26N4O5S. The van der Waals surface area contributed by atoms with E-state index in [1.54, 1.807) is 18.3 Å². The zero-order chi connectivity index (χ0) is 22.6. The second-order valence-electron chi connectivity index (χ2n) is 7.53. The number of furan rings is 1. The van der Waals surface area contributed by atoms with E-state index in [1.807, 2.05) is 31.2 Å². The average Bonchev–Trinajstić information content (AvgIpc) is 3.51. The molecule has 0 aliphatic carbocycles. The van der Waals surface area contributed by atoms with Crippen molar-refractivity contribution < 1.29 is 22.4 Å². The van der Waals surface area contributed by atoms with Crippen molar-refractivity contribution in [2.75, 3.05) is 19.7 Å². The summed E-state index contributed by atoms with van der Waals surface area (Å²) in [5.74, 6) is 0.845. The predicted octanol–water partition coefficient (Wildman–Crippen LogP) is 2.79. The molecule has 1 aliphatic rings. The van der Waals surface area contributed by atoms with Gasteiger partial charge in [-0.2, -0.15) is 9.40 Å². The highest BCUT2D eigenvalue weighted by molar-refractivity contribution is 7.89. The summed E-state index contributed by atoms with van der Waals surface area (Å²) >= 11 is 0. The fourth-order valence-electron chi connectivity index (χ4n) is 3.76. The topological polar surface area (TPSA) is 118 Å². The van der Waals surface area contributed by atoms with Crippen LogP contribution in [0.2, 0.25) is 0 Å². The first kappa shape index (κ1) is 22.1. The minimum atomic E-state index is -3.76. The number of nitrogens with zero attached hydrogens (tertiary/aromatic N) is 2. The molecule has 0 bridgehead atoms. The van der Waals surface area contributed by atoms with Crippen LogP contribution in [0.3, 0.4) is 0 Å². The minimum absolute atomic E-state index is 0.0760. The van der Waals surface area contributed by atoms with Crippen LogP contribution in [0.5, 0.6) is 5.75 Å². The standard InChI is InChI=1S/C22H26N4O5S/c1-2-30-19-6-4-3-5-17(19)15-23-22(27)16-10-13-26(14-11-16)32(28,29)21-8-7-20(31-21)18-9-12-24-25-18/h3-9,12,16H,2,10-11,13-15H2,1H3,(H,23,27)(H,24,25). The van der Waals surface area contributed by atoms with Crippen LogP contribution in [-0.4, -0.2) is 48.5 Å².